The van der Waals surface area contributed by atoms with E-state index in [1.807, 2.05) is 0 Å². The highest BCUT2D eigenvalue weighted by atomic mass is 19.4. The largest absolute Gasteiger partial charge is 0.478 e. The number of aryl methyl sites for hydroxylation is 1. The molecule has 0 atom stereocenters. The van der Waals surface area contributed by atoms with Crippen molar-refractivity contribution in [1.29, 1.82) is 0 Å². The van der Waals surface area contributed by atoms with E-state index < -0.39 is 31.3 Å². The first-order valence-corrected chi connectivity index (χ1v) is 5.98. The van der Waals surface area contributed by atoms with Crippen LogP contribution in [0.15, 0.2) is 18.2 Å². The summed E-state index contributed by atoms with van der Waals surface area (Å²) >= 11 is 0. The number of aromatic carboxylic acids is 1. The van der Waals surface area contributed by atoms with Crippen molar-refractivity contribution in [2.24, 2.45) is 0 Å². The molecule has 0 aromatic heterocycles. The molecular formula is C13H14F3NO4. The van der Waals surface area contributed by atoms with E-state index in [4.69, 9.17) is 5.11 Å². The molecule has 1 rings (SSSR count). The normalized spacial score (nSPS) is 11.2. The first-order valence-electron chi connectivity index (χ1n) is 5.98. The minimum absolute atomic E-state index is 0.0536. The molecule has 1 aromatic rings. The van der Waals surface area contributed by atoms with Gasteiger partial charge in [0.2, 0.25) is 5.91 Å². The molecule has 21 heavy (non-hydrogen) atoms. The van der Waals surface area contributed by atoms with Crippen LogP contribution in [-0.2, 0) is 9.53 Å². The fourth-order valence-electron chi connectivity index (χ4n) is 1.62. The van der Waals surface area contributed by atoms with Gasteiger partial charge >= 0.3 is 12.1 Å². The number of carbonyl (C=O) groups excluding carboxylic acids is 1. The quantitative estimate of drug-likeness (QED) is 0.792. The summed E-state index contributed by atoms with van der Waals surface area (Å²) in [6, 6.07) is 4.55. The number of halogens is 3. The molecule has 1 aromatic carbocycles. The van der Waals surface area contributed by atoms with E-state index in [1.54, 1.807) is 19.1 Å². The van der Waals surface area contributed by atoms with E-state index in [9.17, 15) is 22.8 Å². The molecule has 0 saturated heterocycles. The molecule has 0 radical (unpaired) electrons. The second-order valence-electron chi connectivity index (χ2n) is 4.27. The predicted molar refractivity (Wildman–Crippen MR) is 68.3 cm³/mol. The molecule has 0 aliphatic carbocycles. The van der Waals surface area contributed by atoms with Gasteiger partial charge < -0.3 is 15.2 Å². The van der Waals surface area contributed by atoms with E-state index >= 15 is 0 Å². The highest BCUT2D eigenvalue weighted by Crippen LogP contribution is 2.20. The third kappa shape index (κ3) is 5.82. The van der Waals surface area contributed by atoms with Crippen LogP contribution in [0.25, 0.3) is 0 Å². The Morgan fingerprint density at radius 1 is 1.33 bits per heavy atom. The monoisotopic (exact) mass is 305 g/mol. The summed E-state index contributed by atoms with van der Waals surface area (Å²) in [5.74, 6) is -1.82. The summed E-state index contributed by atoms with van der Waals surface area (Å²) in [6.45, 7) is -0.254. The van der Waals surface area contributed by atoms with Crippen LogP contribution in [0.4, 0.5) is 18.9 Å². The fraction of sp³-hybridized carbons (Fsp3) is 0.385. The topological polar surface area (TPSA) is 75.6 Å². The zero-order valence-electron chi connectivity index (χ0n) is 11.2. The first-order chi connectivity index (χ1) is 9.70. The van der Waals surface area contributed by atoms with Gasteiger partial charge in [-0.15, -0.1) is 0 Å². The number of anilines is 1. The Kier molecular flexibility index (Phi) is 5.71. The van der Waals surface area contributed by atoms with Crippen molar-refractivity contribution in [3.8, 4) is 0 Å². The number of amides is 1. The maximum atomic E-state index is 11.8. The van der Waals surface area contributed by atoms with Gasteiger partial charge in [0, 0.05) is 0 Å². The number of hydrogen-bond donors (Lipinski definition) is 2. The van der Waals surface area contributed by atoms with Crippen molar-refractivity contribution < 1.29 is 32.6 Å². The molecule has 0 aliphatic heterocycles. The molecule has 0 aliphatic rings. The van der Waals surface area contributed by atoms with E-state index in [-0.39, 0.29) is 17.7 Å². The lowest BCUT2D eigenvalue weighted by Gasteiger charge is -2.11. The van der Waals surface area contributed by atoms with Gasteiger partial charge in [0.1, 0.15) is 6.61 Å². The van der Waals surface area contributed by atoms with Gasteiger partial charge in [-0.1, -0.05) is 12.1 Å². The van der Waals surface area contributed by atoms with Gasteiger partial charge in [-0.25, -0.2) is 4.79 Å². The standard InChI is InChI=1S/C13H14F3NO4/c1-8-3-2-4-9(11(8)12(19)20)17-10(18)5-6-21-7-13(14,15)16/h2-4H,5-7H2,1H3,(H,17,18)(H,19,20). The summed E-state index contributed by atoms with van der Waals surface area (Å²) in [7, 11) is 0. The average molecular weight is 305 g/mol. The number of nitrogens with one attached hydrogen (secondary N) is 1. The van der Waals surface area contributed by atoms with Crippen LogP contribution in [-0.4, -0.2) is 36.4 Å². The Hall–Kier alpha value is -2.09. The molecule has 0 spiro atoms. The number of rotatable bonds is 6. The maximum Gasteiger partial charge on any atom is 0.411 e. The number of carbonyl (C=O) groups is 2. The highest BCUT2D eigenvalue weighted by molar-refractivity contribution is 6.01. The number of ether oxygens (including phenoxy) is 1. The number of carboxylic acids is 1. The zero-order valence-corrected chi connectivity index (χ0v) is 11.2. The summed E-state index contributed by atoms with van der Waals surface area (Å²) in [5, 5.41) is 11.4. The van der Waals surface area contributed by atoms with Gasteiger partial charge in [0.25, 0.3) is 0 Å². The van der Waals surface area contributed by atoms with Crippen molar-refractivity contribution in [3.05, 3.63) is 29.3 Å². The molecule has 0 saturated carbocycles. The second-order valence-corrected chi connectivity index (χ2v) is 4.27. The number of alkyl halides is 3. The summed E-state index contributed by atoms with van der Waals surface area (Å²) < 4.78 is 39.8. The molecule has 2 N–H and O–H groups in total. The molecule has 0 bridgehead atoms. The van der Waals surface area contributed by atoms with Crippen molar-refractivity contribution >= 4 is 17.6 Å². The lowest BCUT2D eigenvalue weighted by Crippen LogP contribution is -2.21. The fourth-order valence-corrected chi connectivity index (χ4v) is 1.62. The third-order valence-corrected chi connectivity index (χ3v) is 2.50. The summed E-state index contributed by atoms with van der Waals surface area (Å²) in [5.41, 5.74) is 0.513. The van der Waals surface area contributed by atoms with Crippen molar-refractivity contribution in [2.75, 3.05) is 18.5 Å². The van der Waals surface area contributed by atoms with Crippen LogP contribution in [0.2, 0.25) is 0 Å². The van der Waals surface area contributed by atoms with Crippen molar-refractivity contribution in [2.45, 2.75) is 19.5 Å². The lowest BCUT2D eigenvalue weighted by atomic mass is 10.1. The van der Waals surface area contributed by atoms with Crippen LogP contribution in [0.1, 0.15) is 22.3 Å². The second kappa shape index (κ2) is 7.07. The van der Waals surface area contributed by atoms with Gasteiger partial charge in [0.05, 0.1) is 24.3 Å². The van der Waals surface area contributed by atoms with Crippen LogP contribution >= 0.6 is 0 Å². The third-order valence-electron chi connectivity index (χ3n) is 2.50. The van der Waals surface area contributed by atoms with Crippen LogP contribution in [0.3, 0.4) is 0 Å². The van der Waals surface area contributed by atoms with Crippen LogP contribution in [0, 0.1) is 6.92 Å². The minimum Gasteiger partial charge on any atom is -0.478 e. The Balaban J connectivity index is 2.56. The smallest absolute Gasteiger partial charge is 0.411 e. The van der Waals surface area contributed by atoms with Gasteiger partial charge in [-0.3, -0.25) is 4.79 Å². The SMILES string of the molecule is Cc1cccc(NC(=O)CCOCC(F)(F)F)c1C(=O)O. The number of hydrogen-bond acceptors (Lipinski definition) is 3. The number of carboxylic acid groups (broad SMARTS) is 1. The lowest BCUT2D eigenvalue weighted by molar-refractivity contribution is -0.174. The average Bonchev–Trinajstić information content (AvgIpc) is 2.33. The van der Waals surface area contributed by atoms with Crippen LogP contribution < -0.4 is 5.32 Å². The number of benzene rings is 1. The molecule has 0 fully saturated rings. The molecule has 8 heteroatoms. The zero-order chi connectivity index (χ0) is 16.0. The van der Waals surface area contributed by atoms with Crippen LogP contribution in [0.5, 0.6) is 0 Å². The summed E-state index contributed by atoms with van der Waals surface area (Å²) in [4.78, 5) is 22.7. The molecule has 1 amide bonds. The summed E-state index contributed by atoms with van der Waals surface area (Å²) in [6.07, 6.45) is -4.74. The van der Waals surface area contributed by atoms with Gasteiger partial charge in [-0.05, 0) is 18.6 Å². The molecule has 116 valence electrons. The van der Waals surface area contributed by atoms with Gasteiger partial charge in [-0.2, -0.15) is 13.2 Å². The Labute approximate surface area is 118 Å². The van der Waals surface area contributed by atoms with E-state index in [2.05, 4.69) is 10.1 Å². The van der Waals surface area contributed by atoms with Crippen molar-refractivity contribution in [3.63, 3.8) is 0 Å². The molecule has 5 nitrogen and oxygen atoms in total. The maximum absolute atomic E-state index is 11.8. The van der Waals surface area contributed by atoms with E-state index in [0.717, 1.165) is 0 Å². The van der Waals surface area contributed by atoms with E-state index in [1.165, 1.54) is 6.07 Å². The Morgan fingerprint density at radius 3 is 2.57 bits per heavy atom. The Morgan fingerprint density at radius 2 is 2.00 bits per heavy atom. The minimum atomic E-state index is -4.44. The molecule has 0 unspecified atom stereocenters. The Bertz CT molecular complexity index is 529. The van der Waals surface area contributed by atoms with E-state index in [0.29, 0.717) is 5.56 Å². The highest BCUT2D eigenvalue weighted by Gasteiger charge is 2.27. The first kappa shape index (κ1) is 17.0. The van der Waals surface area contributed by atoms with Gasteiger partial charge in [0.15, 0.2) is 0 Å². The van der Waals surface area contributed by atoms with Crippen molar-refractivity contribution in [1.82, 2.24) is 0 Å². The molecule has 0 heterocycles. The molecular weight excluding hydrogens is 291 g/mol. The predicted octanol–water partition coefficient (Wildman–Crippen LogP) is 2.60.